The lowest BCUT2D eigenvalue weighted by molar-refractivity contribution is 0.201. The summed E-state index contributed by atoms with van der Waals surface area (Å²) in [6, 6.07) is 19.7. The number of nitrogens with zero attached hydrogens (tertiary/aromatic N) is 6. The Balaban J connectivity index is 1.41. The van der Waals surface area contributed by atoms with Crippen molar-refractivity contribution >= 4 is 17.3 Å². The molecule has 8 nitrogen and oxygen atoms in total. The number of rotatable bonds is 7. The largest absolute Gasteiger partial charge is 0.497 e. The van der Waals surface area contributed by atoms with Gasteiger partial charge >= 0.3 is 0 Å². The number of hydrogen-bond donors (Lipinski definition) is 0. The van der Waals surface area contributed by atoms with Crippen molar-refractivity contribution < 1.29 is 9.15 Å². The first-order valence-corrected chi connectivity index (χ1v) is 11.3. The number of ether oxygens (including phenoxy) is 1. The number of furan rings is 1. The maximum absolute atomic E-state index is 6.66. The van der Waals surface area contributed by atoms with Crippen LogP contribution in [-0.2, 0) is 6.54 Å². The number of piperazine rings is 1. The van der Waals surface area contributed by atoms with Crippen LogP contribution in [0.1, 0.15) is 23.2 Å². The number of halogens is 1. The van der Waals surface area contributed by atoms with E-state index >= 15 is 0 Å². The van der Waals surface area contributed by atoms with Crippen LogP contribution in [0.4, 0.5) is 5.69 Å². The molecule has 4 aromatic rings. The molecule has 0 N–H and O–H groups in total. The fraction of sp³-hybridized carbons (Fsp3) is 0.292. The molecule has 1 atom stereocenters. The summed E-state index contributed by atoms with van der Waals surface area (Å²) in [5.74, 6) is 2.41. The van der Waals surface area contributed by atoms with Crippen LogP contribution < -0.4 is 9.64 Å². The van der Waals surface area contributed by atoms with Crippen LogP contribution in [0.2, 0.25) is 5.02 Å². The molecule has 9 heteroatoms. The van der Waals surface area contributed by atoms with Gasteiger partial charge in [0, 0.05) is 36.9 Å². The lowest BCUT2D eigenvalue weighted by Crippen LogP contribution is -2.48. The van der Waals surface area contributed by atoms with Crippen LogP contribution in [0, 0.1) is 0 Å². The maximum atomic E-state index is 6.66. The molecule has 0 saturated carbocycles. The van der Waals surface area contributed by atoms with Crippen LogP contribution in [0.25, 0.3) is 0 Å². The highest BCUT2D eigenvalue weighted by molar-refractivity contribution is 6.31. The van der Waals surface area contributed by atoms with Crippen molar-refractivity contribution in [2.45, 2.75) is 12.6 Å². The van der Waals surface area contributed by atoms with Crippen molar-refractivity contribution in [2.24, 2.45) is 0 Å². The molecule has 5 rings (SSSR count). The van der Waals surface area contributed by atoms with Crippen LogP contribution in [0.3, 0.4) is 0 Å². The van der Waals surface area contributed by atoms with E-state index in [2.05, 4.69) is 43.5 Å². The molecule has 0 amide bonds. The van der Waals surface area contributed by atoms with E-state index in [9.17, 15) is 0 Å². The van der Waals surface area contributed by atoms with Gasteiger partial charge in [-0.05, 0) is 58.5 Å². The van der Waals surface area contributed by atoms with E-state index < -0.39 is 0 Å². The second-order valence-corrected chi connectivity index (χ2v) is 8.33. The Morgan fingerprint density at radius 1 is 1.00 bits per heavy atom. The fourth-order valence-electron chi connectivity index (χ4n) is 4.30. The quantitative estimate of drug-likeness (QED) is 0.411. The van der Waals surface area contributed by atoms with Gasteiger partial charge in [-0.15, -0.1) is 5.10 Å². The molecule has 0 aliphatic carbocycles. The van der Waals surface area contributed by atoms with Crippen molar-refractivity contribution in [3.8, 4) is 5.75 Å². The third-order valence-electron chi connectivity index (χ3n) is 6.01. The Morgan fingerprint density at radius 2 is 1.79 bits per heavy atom. The Labute approximate surface area is 197 Å². The van der Waals surface area contributed by atoms with E-state index in [1.54, 1.807) is 18.1 Å². The summed E-state index contributed by atoms with van der Waals surface area (Å²) in [5, 5.41) is 13.3. The minimum absolute atomic E-state index is 0.165. The highest BCUT2D eigenvalue weighted by atomic mass is 35.5. The molecular weight excluding hydrogens is 440 g/mol. The van der Waals surface area contributed by atoms with Gasteiger partial charge in [0.1, 0.15) is 18.1 Å². The molecule has 1 aliphatic heterocycles. The van der Waals surface area contributed by atoms with Crippen molar-refractivity contribution in [3.63, 3.8) is 0 Å². The Morgan fingerprint density at radius 3 is 2.48 bits per heavy atom. The van der Waals surface area contributed by atoms with Gasteiger partial charge in [-0.25, -0.2) is 4.68 Å². The average Bonchev–Trinajstić information content (AvgIpc) is 3.54. The smallest absolute Gasteiger partial charge is 0.173 e. The highest BCUT2D eigenvalue weighted by Gasteiger charge is 2.32. The van der Waals surface area contributed by atoms with Gasteiger partial charge in [-0.3, -0.25) is 4.90 Å². The topological polar surface area (TPSA) is 72.5 Å². The second-order valence-electron chi connectivity index (χ2n) is 7.92. The molecule has 170 valence electrons. The third-order valence-corrected chi connectivity index (χ3v) is 6.35. The van der Waals surface area contributed by atoms with Crippen LogP contribution >= 0.6 is 11.6 Å². The van der Waals surface area contributed by atoms with E-state index in [1.165, 1.54) is 5.69 Å². The molecule has 1 saturated heterocycles. The predicted octanol–water partition coefficient (Wildman–Crippen LogP) is 3.89. The Hall–Kier alpha value is -3.36. The van der Waals surface area contributed by atoms with Crippen molar-refractivity contribution in [3.05, 3.63) is 89.1 Å². The molecule has 3 heterocycles. The van der Waals surface area contributed by atoms with Gasteiger partial charge < -0.3 is 14.1 Å². The zero-order valence-electron chi connectivity index (χ0n) is 18.3. The van der Waals surface area contributed by atoms with Crippen LogP contribution in [0.5, 0.6) is 5.75 Å². The number of anilines is 1. The summed E-state index contributed by atoms with van der Waals surface area (Å²) in [7, 11) is 1.68. The fourth-order valence-corrected chi connectivity index (χ4v) is 4.54. The van der Waals surface area contributed by atoms with Crippen LogP contribution in [0.15, 0.2) is 71.3 Å². The molecule has 1 fully saturated rings. The first-order chi connectivity index (χ1) is 16.2. The van der Waals surface area contributed by atoms with Gasteiger partial charge in [0.2, 0.25) is 0 Å². The second kappa shape index (κ2) is 9.64. The third kappa shape index (κ3) is 4.58. The SMILES string of the molecule is COc1ccc(N2CCN([C@H](c3ccccc3Cl)c3nnnn3Cc3ccco3)CC2)cc1. The number of tetrazole rings is 1. The summed E-state index contributed by atoms with van der Waals surface area (Å²) in [4.78, 5) is 4.77. The summed E-state index contributed by atoms with van der Waals surface area (Å²) >= 11 is 6.66. The zero-order valence-corrected chi connectivity index (χ0v) is 19.1. The molecule has 0 radical (unpaired) electrons. The van der Waals surface area contributed by atoms with Crippen molar-refractivity contribution in [1.29, 1.82) is 0 Å². The molecule has 1 aliphatic rings. The van der Waals surface area contributed by atoms with E-state index in [-0.39, 0.29) is 6.04 Å². The molecular formula is C24H25ClN6O2. The first-order valence-electron chi connectivity index (χ1n) is 10.9. The normalized spacial score (nSPS) is 15.5. The summed E-state index contributed by atoms with van der Waals surface area (Å²) in [6.45, 7) is 3.91. The first kappa shape index (κ1) is 21.5. The van der Waals surface area contributed by atoms with Gasteiger partial charge in [0.15, 0.2) is 5.82 Å². The lowest BCUT2D eigenvalue weighted by atomic mass is 10.0. The maximum Gasteiger partial charge on any atom is 0.173 e. The van der Waals surface area contributed by atoms with Crippen molar-refractivity contribution in [2.75, 3.05) is 38.2 Å². The summed E-state index contributed by atoms with van der Waals surface area (Å²) in [6.07, 6.45) is 1.66. The molecule has 2 aromatic heterocycles. The number of hydrogen-bond acceptors (Lipinski definition) is 7. The molecule has 0 unspecified atom stereocenters. The minimum atomic E-state index is -0.165. The monoisotopic (exact) mass is 464 g/mol. The number of benzene rings is 2. The van der Waals surface area contributed by atoms with Gasteiger partial charge in [0.05, 0.1) is 19.4 Å². The van der Waals surface area contributed by atoms with Gasteiger partial charge in [-0.1, -0.05) is 29.8 Å². The van der Waals surface area contributed by atoms with Gasteiger partial charge in [0.25, 0.3) is 0 Å². The Kier molecular flexibility index (Phi) is 6.28. The van der Waals surface area contributed by atoms with Gasteiger partial charge in [-0.2, -0.15) is 0 Å². The molecule has 33 heavy (non-hydrogen) atoms. The van der Waals surface area contributed by atoms with E-state index in [1.807, 2.05) is 42.5 Å². The van der Waals surface area contributed by atoms with E-state index in [0.29, 0.717) is 11.6 Å². The lowest BCUT2D eigenvalue weighted by Gasteiger charge is -2.40. The summed E-state index contributed by atoms with van der Waals surface area (Å²) < 4.78 is 12.6. The van der Waals surface area contributed by atoms with E-state index in [0.717, 1.165) is 49.1 Å². The standard InChI is InChI=1S/C24H25ClN6O2/c1-32-19-10-8-18(9-11-19)29-12-14-30(15-13-29)23(21-6-2-3-7-22(21)25)24-26-27-28-31(24)17-20-5-4-16-33-20/h2-11,16,23H,12-15,17H2,1H3/t23-/m1/s1. The Bertz CT molecular complexity index is 1170. The number of methoxy groups -OCH3 is 1. The molecule has 2 aromatic carbocycles. The predicted molar refractivity (Wildman–Crippen MR) is 126 cm³/mol. The van der Waals surface area contributed by atoms with Crippen LogP contribution in [-0.4, -0.2) is 58.4 Å². The van der Waals surface area contributed by atoms with Crippen molar-refractivity contribution in [1.82, 2.24) is 25.1 Å². The highest BCUT2D eigenvalue weighted by Crippen LogP contribution is 2.33. The zero-order chi connectivity index (χ0) is 22.6. The minimum Gasteiger partial charge on any atom is -0.497 e. The molecule has 0 bridgehead atoms. The van der Waals surface area contributed by atoms with E-state index in [4.69, 9.17) is 20.8 Å². The summed E-state index contributed by atoms with van der Waals surface area (Å²) in [5.41, 5.74) is 2.18. The average molecular weight is 465 g/mol. The molecule has 0 spiro atoms. The number of aromatic nitrogens is 4.